The molecule has 84 valence electrons. The summed E-state index contributed by atoms with van der Waals surface area (Å²) >= 11 is 0. The molecular formula is C13H16N2O. The van der Waals surface area contributed by atoms with Crippen molar-refractivity contribution in [1.29, 1.82) is 0 Å². The molecule has 0 aliphatic heterocycles. The number of hydrazone groups is 1. The predicted octanol–water partition coefficient (Wildman–Crippen LogP) is 2.30. The summed E-state index contributed by atoms with van der Waals surface area (Å²) in [5, 5.41) is 3.76. The molecule has 0 spiro atoms. The Bertz CT molecular complexity index is 369. The Morgan fingerprint density at radius 2 is 2.12 bits per heavy atom. The molecule has 0 atom stereocenters. The average Bonchev–Trinajstić information content (AvgIpc) is 2.33. The van der Waals surface area contributed by atoms with Gasteiger partial charge in [-0.3, -0.25) is 4.79 Å². The molecule has 0 heterocycles. The number of nitrogens with zero attached hydrogens (tertiary/aromatic N) is 1. The third kappa shape index (κ3) is 5.10. The van der Waals surface area contributed by atoms with Gasteiger partial charge in [0.25, 0.3) is 0 Å². The van der Waals surface area contributed by atoms with Gasteiger partial charge < -0.3 is 0 Å². The smallest absolute Gasteiger partial charge is 0.240 e. The summed E-state index contributed by atoms with van der Waals surface area (Å²) in [6.07, 6.45) is 6.36. The Labute approximate surface area is 95.9 Å². The highest BCUT2D eigenvalue weighted by atomic mass is 16.2. The third-order valence-corrected chi connectivity index (χ3v) is 2.03. The maximum atomic E-state index is 11.3. The fourth-order valence-corrected chi connectivity index (χ4v) is 1.20. The predicted molar refractivity (Wildman–Crippen MR) is 66.2 cm³/mol. The lowest BCUT2D eigenvalue weighted by atomic mass is 10.1. The highest BCUT2D eigenvalue weighted by molar-refractivity contribution is 5.78. The van der Waals surface area contributed by atoms with Gasteiger partial charge in [0, 0.05) is 12.6 Å². The van der Waals surface area contributed by atoms with Crippen LogP contribution in [0.4, 0.5) is 0 Å². The molecule has 0 aliphatic rings. The maximum Gasteiger partial charge on any atom is 0.240 e. The molecule has 1 aromatic rings. The highest BCUT2D eigenvalue weighted by Crippen LogP contribution is 2.01. The van der Waals surface area contributed by atoms with Gasteiger partial charge in [-0.25, -0.2) is 5.43 Å². The Kier molecular flexibility index (Phi) is 5.63. The van der Waals surface area contributed by atoms with Crippen molar-refractivity contribution < 1.29 is 4.79 Å². The summed E-state index contributed by atoms with van der Waals surface area (Å²) in [5.41, 5.74) is 3.63. The van der Waals surface area contributed by atoms with Crippen LogP contribution < -0.4 is 5.43 Å². The summed E-state index contributed by atoms with van der Waals surface area (Å²) in [6.45, 7) is 1.89. The van der Waals surface area contributed by atoms with Crippen molar-refractivity contribution in [2.45, 2.75) is 19.8 Å². The van der Waals surface area contributed by atoms with E-state index in [4.69, 9.17) is 0 Å². The zero-order chi connectivity index (χ0) is 11.6. The number of carbonyl (C=O) groups excluding carboxylic acids is 1. The molecule has 3 heteroatoms. The topological polar surface area (TPSA) is 41.5 Å². The van der Waals surface area contributed by atoms with Gasteiger partial charge in [-0.15, -0.1) is 0 Å². The van der Waals surface area contributed by atoms with Crippen LogP contribution in [0.5, 0.6) is 0 Å². The molecule has 0 bridgehead atoms. The number of carbonyl (C=O) groups is 1. The molecule has 0 aliphatic carbocycles. The lowest BCUT2D eigenvalue weighted by Crippen LogP contribution is -2.17. The van der Waals surface area contributed by atoms with Crippen molar-refractivity contribution >= 4 is 12.1 Å². The molecule has 1 aromatic carbocycles. The second-order valence-corrected chi connectivity index (χ2v) is 3.32. The van der Waals surface area contributed by atoms with E-state index in [1.54, 1.807) is 12.3 Å². The Morgan fingerprint density at radius 3 is 2.81 bits per heavy atom. The molecule has 1 rings (SSSR count). The number of aryl methyl sites for hydroxylation is 1. The van der Waals surface area contributed by atoms with Crippen LogP contribution in [0, 0.1) is 0 Å². The van der Waals surface area contributed by atoms with E-state index >= 15 is 0 Å². The van der Waals surface area contributed by atoms with Crippen LogP contribution in [0.1, 0.15) is 18.9 Å². The van der Waals surface area contributed by atoms with Crippen LogP contribution >= 0.6 is 0 Å². The molecule has 1 N–H and O–H groups in total. The SMILES string of the molecule is CC=CC=NNC(=O)CCc1ccccc1. The molecule has 0 aromatic heterocycles. The molecule has 0 radical (unpaired) electrons. The van der Waals surface area contributed by atoms with Crippen molar-refractivity contribution in [1.82, 2.24) is 5.43 Å². The van der Waals surface area contributed by atoms with Gasteiger partial charge in [-0.1, -0.05) is 36.4 Å². The normalized spacial score (nSPS) is 11.1. The number of hydrogen-bond acceptors (Lipinski definition) is 2. The number of allylic oxidation sites excluding steroid dienone is 2. The van der Waals surface area contributed by atoms with E-state index in [2.05, 4.69) is 10.5 Å². The van der Waals surface area contributed by atoms with Crippen LogP contribution in [0.15, 0.2) is 47.6 Å². The van der Waals surface area contributed by atoms with Gasteiger partial charge in [0.15, 0.2) is 0 Å². The molecule has 0 unspecified atom stereocenters. The number of hydrogen-bond donors (Lipinski definition) is 1. The first-order valence-corrected chi connectivity index (χ1v) is 5.30. The van der Waals surface area contributed by atoms with E-state index in [1.807, 2.05) is 43.3 Å². The van der Waals surface area contributed by atoms with Crippen LogP contribution in [0.2, 0.25) is 0 Å². The molecule has 0 saturated carbocycles. The first kappa shape index (κ1) is 12.2. The van der Waals surface area contributed by atoms with E-state index in [-0.39, 0.29) is 5.91 Å². The van der Waals surface area contributed by atoms with E-state index < -0.39 is 0 Å². The van der Waals surface area contributed by atoms with Gasteiger partial charge in [-0.05, 0) is 25.0 Å². The second-order valence-electron chi connectivity index (χ2n) is 3.32. The van der Waals surface area contributed by atoms with Gasteiger partial charge in [0.1, 0.15) is 0 Å². The molecule has 0 fully saturated rings. The second kappa shape index (κ2) is 7.40. The first-order chi connectivity index (χ1) is 7.83. The number of rotatable bonds is 5. The van der Waals surface area contributed by atoms with Gasteiger partial charge in [0.05, 0.1) is 0 Å². The maximum absolute atomic E-state index is 11.3. The van der Waals surface area contributed by atoms with Gasteiger partial charge >= 0.3 is 0 Å². The zero-order valence-corrected chi connectivity index (χ0v) is 9.39. The van der Waals surface area contributed by atoms with Crippen molar-refractivity contribution in [3.05, 3.63) is 48.0 Å². The number of nitrogens with one attached hydrogen (secondary N) is 1. The van der Waals surface area contributed by atoms with Crippen LogP contribution in [-0.4, -0.2) is 12.1 Å². The van der Waals surface area contributed by atoms with Crippen molar-refractivity contribution in [2.24, 2.45) is 5.10 Å². The number of amides is 1. The summed E-state index contributed by atoms with van der Waals surface area (Å²) in [4.78, 5) is 11.3. The molecular weight excluding hydrogens is 200 g/mol. The minimum Gasteiger partial charge on any atom is -0.273 e. The summed E-state index contributed by atoms with van der Waals surface area (Å²) < 4.78 is 0. The zero-order valence-electron chi connectivity index (χ0n) is 9.39. The summed E-state index contributed by atoms with van der Waals surface area (Å²) in [5.74, 6) is -0.0652. The Hall–Kier alpha value is -1.90. The first-order valence-electron chi connectivity index (χ1n) is 5.30. The van der Waals surface area contributed by atoms with Gasteiger partial charge in [0.2, 0.25) is 5.91 Å². The van der Waals surface area contributed by atoms with Crippen molar-refractivity contribution in [3.63, 3.8) is 0 Å². The van der Waals surface area contributed by atoms with Crippen molar-refractivity contribution in [3.8, 4) is 0 Å². The van der Waals surface area contributed by atoms with Crippen LogP contribution in [0.3, 0.4) is 0 Å². The minimum atomic E-state index is -0.0652. The molecule has 16 heavy (non-hydrogen) atoms. The summed E-state index contributed by atoms with van der Waals surface area (Å²) in [7, 11) is 0. The highest BCUT2D eigenvalue weighted by Gasteiger charge is 1.99. The lowest BCUT2D eigenvalue weighted by molar-refractivity contribution is -0.121. The van der Waals surface area contributed by atoms with E-state index in [1.165, 1.54) is 0 Å². The quantitative estimate of drug-likeness (QED) is 0.595. The Balaban J connectivity index is 2.25. The minimum absolute atomic E-state index is 0.0652. The van der Waals surface area contributed by atoms with Crippen LogP contribution in [0.25, 0.3) is 0 Å². The number of benzene rings is 1. The van der Waals surface area contributed by atoms with Crippen LogP contribution in [-0.2, 0) is 11.2 Å². The molecule has 3 nitrogen and oxygen atoms in total. The average molecular weight is 216 g/mol. The van der Waals surface area contributed by atoms with E-state index in [0.717, 1.165) is 12.0 Å². The molecule has 0 saturated heterocycles. The molecule has 1 amide bonds. The fraction of sp³-hybridized carbons (Fsp3) is 0.231. The van der Waals surface area contributed by atoms with E-state index in [9.17, 15) is 4.79 Å². The lowest BCUT2D eigenvalue weighted by Gasteiger charge is -1.99. The Morgan fingerprint density at radius 1 is 1.38 bits per heavy atom. The summed E-state index contributed by atoms with van der Waals surface area (Å²) in [6, 6.07) is 9.92. The van der Waals surface area contributed by atoms with Gasteiger partial charge in [-0.2, -0.15) is 5.10 Å². The largest absolute Gasteiger partial charge is 0.273 e. The fourth-order valence-electron chi connectivity index (χ4n) is 1.20. The monoisotopic (exact) mass is 216 g/mol. The van der Waals surface area contributed by atoms with E-state index in [0.29, 0.717) is 6.42 Å². The standard InChI is InChI=1S/C13H16N2O/c1-2-3-11-14-15-13(16)10-9-12-7-5-4-6-8-12/h2-8,11H,9-10H2,1H3,(H,15,16). The third-order valence-electron chi connectivity index (χ3n) is 2.03. The van der Waals surface area contributed by atoms with Crippen molar-refractivity contribution in [2.75, 3.05) is 0 Å².